The lowest BCUT2D eigenvalue weighted by Gasteiger charge is -2.39. The van der Waals surface area contributed by atoms with Gasteiger partial charge in [0.15, 0.2) is 5.78 Å². The topological polar surface area (TPSA) is 58.1 Å². The SMILES string of the molecule is CNc1nc(N2[C@@H](C)CCC[C@@H]2C)nc2c1C(=O)CCC2. The lowest BCUT2D eigenvalue weighted by molar-refractivity contribution is 0.0972. The van der Waals surface area contributed by atoms with Crippen LogP contribution in [-0.2, 0) is 6.42 Å². The summed E-state index contributed by atoms with van der Waals surface area (Å²) in [4.78, 5) is 23.9. The van der Waals surface area contributed by atoms with Crippen molar-refractivity contribution in [2.24, 2.45) is 0 Å². The van der Waals surface area contributed by atoms with Crippen LogP contribution in [0.15, 0.2) is 0 Å². The van der Waals surface area contributed by atoms with Gasteiger partial charge in [0, 0.05) is 25.6 Å². The minimum absolute atomic E-state index is 0.173. The number of aromatic nitrogens is 2. The molecule has 1 aromatic rings. The maximum Gasteiger partial charge on any atom is 0.228 e. The number of fused-ring (bicyclic) bond motifs is 1. The van der Waals surface area contributed by atoms with Gasteiger partial charge in [0.2, 0.25) is 5.95 Å². The highest BCUT2D eigenvalue weighted by atomic mass is 16.1. The van der Waals surface area contributed by atoms with Crippen molar-refractivity contribution in [3.63, 3.8) is 0 Å². The van der Waals surface area contributed by atoms with Gasteiger partial charge < -0.3 is 10.2 Å². The molecule has 0 bridgehead atoms. The third kappa shape index (κ3) is 2.49. The second-order valence-electron chi connectivity index (χ2n) is 6.26. The van der Waals surface area contributed by atoms with E-state index in [0.717, 1.165) is 24.5 Å². The van der Waals surface area contributed by atoms with Crippen LogP contribution in [-0.4, -0.2) is 34.9 Å². The van der Waals surface area contributed by atoms with Gasteiger partial charge in [0.05, 0.1) is 11.3 Å². The van der Waals surface area contributed by atoms with Crippen molar-refractivity contribution in [3.8, 4) is 0 Å². The Morgan fingerprint density at radius 3 is 2.48 bits per heavy atom. The Balaban J connectivity index is 2.05. The van der Waals surface area contributed by atoms with E-state index < -0.39 is 0 Å². The van der Waals surface area contributed by atoms with Crippen LogP contribution in [0.1, 0.15) is 62.0 Å². The summed E-state index contributed by atoms with van der Waals surface area (Å²) in [5, 5.41) is 3.10. The summed E-state index contributed by atoms with van der Waals surface area (Å²) in [7, 11) is 1.83. The van der Waals surface area contributed by atoms with Gasteiger partial charge in [-0.3, -0.25) is 4.79 Å². The highest BCUT2D eigenvalue weighted by Crippen LogP contribution is 2.31. The molecule has 2 atom stereocenters. The molecule has 0 amide bonds. The first-order valence-corrected chi connectivity index (χ1v) is 8.02. The molecule has 1 N–H and O–H groups in total. The van der Waals surface area contributed by atoms with E-state index in [-0.39, 0.29) is 5.78 Å². The van der Waals surface area contributed by atoms with Gasteiger partial charge >= 0.3 is 0 Å². The molecule has 0 spiro atoms. The first kappa shape index (κ1) is 14.3. The van der Waals surface area contributed by atoms with Crippen molar-refractivity contribution >= 4 is 17.5 Å². The molecule has 0 radical (unpaired) electrons. The molecule has 1 aromatic heterocycles. The highest BCUT2D eigenvalue weighted by molar-refractivity contribution is 6.02. The Kier molecular flexibility index (Phi) is 3.83. The van der Waals surface area contributed by atoms with Gasteiger partial charge in [-0.15, -0.1) is 0 Å². The third-order valence-corrected chi connectivity index (χ3v) is 4.73. The van der Waals surface area contributed by atoms with Crippen LogP contribution in [0, 0.1) is 0 Å². The smallest absolute Gasteiger partial charge is 0.228 e. The minimum Gasteiger partial charge on any atom is -0.372 e. The summed E-state index contributed by atoms with van der Waals surface area (Å²) >= 11 is 0. The Labute approximate surface area is 126 Å². The zero-order chi connectivity index (χ0) is 15.0. The van der Waals surface area contributed by atoms with E-state index in [0.29, 0.717) is 29.9 Å². The zero-order valence-corrected chi connectivity index (χ0v) is 13.1. The van der Waals surface area contributed by atoms with E-state index in [2.05, 4.69) is 29.0 Å². The normalized spacial score (nSPS) is 25.7. The van der Waals surface area contributed by atoms with Gasteiger partial charge in [-0.2, -0.15) is 4.98 Å². The molecular formula is C16H24N4O. The second-order valence-corrected chi connectivity index (χ2v) is 6.26. The van der Waals surface area contributed by atoms with E-state index in [9.17, 15) is 4.79 Å². The zero-order valence-electron chi connectivity index (χ0n) is 13.1. The van der Waals surface area contributed by atoms with Crippen molar-refractivity contribution in [3.05, 3.63) is 11.3 Å². The molecule has 0 saturated carbocycles. The largest absolute Gasteiger partial charge is 0.372 e. The van der Waals surface area contributed by atoms with Crippen molar-refractivity contribution in [1.29, 1.82) is 0 Å². The maximum atomic E-state index is 12.1. The summed E-state index contributed by atoms with van der Waals surface area (Å²) < 4.78 is 0. The number of rotatable bonds is 2. The minimum atomic E-state index is 0.173. The first-order chi connectivity index (χ1) is 10.1. The molecule has 0 unspecified atom stereocenters. The lowest BCUT2D eigenvalue weighted by Crippen LogP contribution is -2.45. The second kappa shape index (κ2) is 5.62. The summed E-state index contributed by atoms with van der Waals surface area (Å²) in [5.74, 6) is 1.66. The third-order valence-electron chi connectivity index (χ3n) is 4.73. The summed E-state index contributed by atoms with van der Waals surface area (Å²) in [5.41, 5.74) is 1.63. The Hall–Kier alpha value is -1.65. The molecule has 1 aliphatic heterocycles. The van der Waals surface area contributed by atoms with Crippen LogP contribution in [0.3, 0.4) is 0 Å². The van der Waals surface area contributed by atoms with Crippen LogP contribution >= 0.6 is 0 Å². The number of hydrogen-bond acceptors (Lipinski definition) is 5. The van der Waals surface area contributed by atoms with Gasteiger partial charge in [0.25, 0.3) is 0 Å². The number of piperidine rings is 1. The molecule has 5 nitrogen and oxygen atoms in total. The molecule has 1 aliphatic carbocycles. The number of nitrogens with one attached hydrogen (secondary N) is 1. The number of nitrogens with zero attached hydrogens (tertiary/aromatic N) is 3. The van der Waals surface area contributed by atoms with Crippen molar-refractivity contribution in [2.75, 3.05) is 17.3 Å². The number of Topliss-reactive ketones (excluding diaryl/α,β-unsaturated/α-hetero) is 1. The van der Waals surface area contributed by atoms with Crippen LogP contribution in [0.25, 0.3) is 0 Å². The van der Waals surface area contributed by atoms with E-state index in [1.54, 1.807) is 0 Å². The summed E-state index contributed by atoms with van der Waals surface area (Å²) in [6.45, 7) is 4.48. The van der Waals surface area contributed by atoms with Gasteiger partial charge in [-0.1, -0.05) is 0 Å². The quantitative estimate of drug-likeness (QED) is 0.907. The average molecular weight is 288 g/mol. The van der Waals surface area contributed by atoms with Gasteiger partial charge in [-0.05, 0) is 46.0 Å². The predicted octanol–water partition coefficient (Wildman–Crippen LogP) is 2.80. The first-order valence-electron chi connectivity index (χ1n) is 8.02. The molecule has 2 heterocycles. The molecule has 21 heavy (non-hydrogen) atoms. The Morgan fingerprint density at radius 2 is 1.81 bits per heavy atom. The molecule has 0 aromatic carbocycles. The van der Waals surface area contributed by atoms with E-state index in [1.165, 1.54) is 19.3 Å². The molecule has 2 aliphatic rings. The molecule has 5 heteroatoms. The van der Waals surface area contributed by atoms with Crippen LogP contribution in [0.5, 0.6) is 0 Å². The number of carbonyl (C=O) groups is 1. The maximum absolute atomic E-state index is 12.1. The fourth-order valence-corrected chi connectivity index (χ4v) is 3.62. The number of aryl methyl sites for hydroxylation is 1. The lowest BCUT2D eigenvalue weighted by atomic mass is 9.94. The monoisotopic (exact) mass is 288 g/mol. The average Bonchev–Trinajstić information content (AvgIpc) is 2.46. The molecule has 1 saturated heterocycles. The molecular weight excluding hydrogens is 264 g/mol. The van der Waals surface area contributed by atoms with Crippen molar-refractivity contribution in [2.45, 2.75) is 64.5 Å². The summed E-state index contributed by atoms with van der Waals surface area (Å²) in [6, 6.07) is 0.909. The van der Waals surface area contributed by atoms with Crippen LogP contribution in [0.4, 0.5) is 11.8 Å². The van der Waals surface area contributed by atoms with E-state index in [1.807, 2.05) is 7.05 Å². The predicted molar refractivity (Wildman–Crippen MR) is 84.1 cm³/mol. The van der Waals surface area contributed by atoms with Gasteiger partial charge in [-0.25, -0.2) is 4.98 Å². The van der Waals surface area contributed by atoms with Gasteiger partial charge in [0.1, 0.15) is 5.82 Å². The van der Waals surface area contributed by atoms with E-state index in [4.69, 9.17) is 4.98 Å². The number of anilines is 2. The number of carbonyl (C=O) groups excluding carboxylic acids is 1. The fourth-order valence-electron chi connectivity index (χ4n) is 3.62. The number of ketones is 1. The molecule has 114 valence electrons. The van der Waals surface area contributed by atoms with Crippen LogP contribution in [0.2, 0.25) is 0 Å². The fraction of sp³-hybridized carbons (Fsp3) is 0.688. The summed E-state index contributed by atoms with van der Waals surface area (Å²) in [6.07, 6.45) is 6.01. The Morgan fingerprint density at radius 1 is 1.10 bits per heavy atom. The van der Waals surface area contributed by atoms with Crippen LogP contribution < -0.4 is 10.2 Å². The molecule has 1 fully saturated rings. The van der Waals surface area contributed by atoms with E-state index >= 15 is 0 Å². The molecule has 3 rings (SSSR count). The highest BCUT2D eigenvalue weighted by Gasteiger charge is 2.30. The van der Waals surface area contributed by atoms with Crippen molar-refractivity contribution < 1.29 is 4.79 Å². The standard InChI is InChI=1S/C16H24N4O/c1-10-6-4-7-11(2)20(10)16-18-12-8-5-9-13(21)14(12)15(17-3)19-16/h10-11H,4-9H2,1-3H3,(H,17,18,19)/t10-,11-/m0/s1. The number of hydrogen-bond donors (Lipinski definition) is 1. The van der Waals surface area contributed by atoms with Crippen molar-refractivity contribution in [1.82, 2.24) is 9.97 Å². The Bertz CT molecular complexity index is 530.